The Morgan fingerprint density at radius 1 is 0.931 bits per heavy atom. The molecule has 6 nitrogen and oxygen atoms in total. The van der Waals surface area contributed by atoms with E-state index in [2.05, 4.69) is 15.3 Å². The van der Waals surface area contributed by atoms with Crippen LogP contribution in [-0.2, 0) is 0 Å². The highest BCUT2D eigenvalue weighted by molar-refractivity contribution is 6.33. The van der Waals surface area contributed by atoms with Gasteiger partial charge in [0.1, 0.15) is 0 Å². The van der Waals surface area contributed by atoms with Gasteiger partial charge in [0.05, 0.1) is 23.0 Å². The molecule has 29 heavy (non-hydrogen) atoms. The molecule has 0 aliphatic heterocycles. The Morgan fingerprint density at radius 3 is 2.38 bits per heavy atom. The highest BCUT2D eigenvalue weighted by Gasteiger charge is 2.17. The van der Waals surface area contributed by atoms with Crippen LogP contribution in [0.15, 0.2) is 65.5 Å². The van der Waals surface area contributed by atoms with Crippen LogP contribution in [-0.4, -0.2) is 32.8 Å². The van der Waals surface area contributed by atoms with E-state index in [1.54, 1.807) is 36.4 Å². The molecule has 0 radical (unpaired) electrons. The monoisotopic (exact) mass is 426 g/mol. The van der Waals surface area contributed by atoms with E-state index in [4.69, 9.17) is 23.2 Å². The normalized spacial score (nSPS) is 11.0. The lowest BCUT2D eigenvalue weighted by molar-refractivity contribution is 0.311. The third-order valence-corrected chi connectivity index (χ3v) is 5.02. The van der Waals surface area contributed by atoms with Gasteiger partial charge in [-0.1, -0.05) is 53.5 Å². The number of nitrogens with one attached hydrogen (secondary N) is 1. The number of hydrogen-bond donors (Lipinski definition) is 2. The number of pyridine rings is 1. The molecule has 0 saturated heterocycles. The predicted octanol–water partition coefficient (Wildman–Crippen LogP) is 4.16. The van der Waals surface area contributed by atoms with E-state index in [1.165, 1.54) is 10.6 Å². The largest absolute Gasteiger partial charge is 0.395 e. The Hall–Kier alpha value is -2.93. The zero-order valence-corrected chi connectivity index (χ0v) is 16.7. The molecule has 146 valence electrons. The van der Waals surface area contributed by atoms with Crippen molar-refractivity contribution >= 4 is 40.2 Å². The molecule has 0 saturated carbocycles. The molecule has 0 bridgehead atoms. The number of halogens is 2. The smallest absolute Gasteiger partial charge is 0.256 e. The van der Waals surface area contributed by atoms with Gasteiger partial charge in [0.15, 0.2) is 5.65 Å². The van der Waals surface area contributed by atoms with Gasteiger partial charge in [-0.05, 0) is 24.3 Å². The molecular formula is C21H16Cl2N4O2. The Labute approximate surface area is 176 Å². The molecular weight excluding hydrogens is 411 g/mol. The van der Waals surface area contributed by atoms with Gasteiger partial charge >= 0.3 is 0 Å². The second kappa shape index (κ2) is 8.21. The van der Waals surface area contributed by atoms with E-state index < -0.39 is 0 Å². The molecule has 0 atom stereocenters. The summed E-state index contributed by atoms with van der Waals surface area (Å²) in [7, 11) is 0. The fourth-order valence-electron chi connectivity index (χ4n) is 3.09. The molecule has 2 N–H and O–H groups in total. The minimum Gasteiger partial charge on any atom is -0.395 e. The van der Waals surface area contributed by atoms with Crippen molar-refractivity contribution in [2.24, 2.45) is 0 Å². The molecule has 0 spiro atoms. The molecule has 0 amide bonds. The lowest BCUT2D eigenvalue weighted by Gasteiger charge is -2.15. The van der Waals surface area contributed by atoms with Crippen LogP contribution in [0.4, 0.5) is 5.95 Å². The van der Waals surface area contributed by atoms with Crippen molar-refractivity contribution in [3.05, 3.63) is 81.1 Å². The van der Waals surface area contributed by atoms with Crippen LogP contribution in [0.5, 0.6) is 0 Å². The van der Waals surface area contributed by atoms with Crippen LogP contribution in [0.25, 0.3) is 28.0 Å². The fraction of sp³-hybridized carbons (Fsp3) is 0.0952. The van der Waals surface area contributed by atoms with Crippen LogP contribution in [0.2, 0.25) is 10.0 Å². The van der Waals surface area contributed by atoms with E-state index in [0.717, 1.165) is 0 Å². The summed E-state index contributed by atoms with van der Waals surface area (Å²) in [5, 5.41) is 13.7. The van der Waals surface area contributed by atoms with E-state index in [9.17, 15) is 9.90 Å². The molecule has 0 fully saturated rings. The van der Waals surface area contributed by atoms with Gasteiger partial charge in [0.25, 0.3) is 5.56 Å². The fourth-order valence-corrected chi connectivity index (χ4v) is 3.53. The topological polar surface area (TPSA) is 80.0 Å². The summed E-state index contributed by atoms with van der Waals surface area (Å²) in [6, 6.07) is 17.5. The van der Waals surface area contributed by atoms with Gasteiger partial charge < -0.3 is 10.4 Å². The number of aliphatic hydroxyl groups is 1. The number of hydrogen-bond acceptors (Lipinski definition) is 5. The van der Waals surface area contributed by atoms with E-state index in [0.29, 0.717) is 38.0 Å². The highest BCUT2D eigenvalue weighted by atomic mass is 35.5. The van der Waals surface area contributed by atoms with Crippen molar-refractivity contribution in [3.8, 4) is 16.9 Å². The van der Waals surface area contributed by atoms with Gasteiger partial charge in [-0.3, -0.25) is 9.36 Å². The lowest BCUT2D eigenvalue weighted by Crippen LogP contribution is -2.20. The van der Waals surface area contributed by atoms with Crippen molar-refractivity contribution < 1.29 is 5.11 Å². The summed E-state index contributed by atoms with van der Waals surface area (Å²) in [6.45, 7) is 0.172. The average molecular weight is 427 g/mol. The molecule has 0 unspecified atom stereocenters. The summed E-state index contributed by atoms with van der Waals surface area (Å²) in [5.41, 5.74) is 1.90. The minimum absolute atomic E-state index is 0.0884. The maximum absolute atomic E-state index is 12.8. The van der Waals surface area contributed by atoms with Crippen molar-refractivity contribution in [2.75, 3.05) is 18.5 Å². The van der Waals surface area contributed by atoms with Gasteiger partial charge in [-0.15, -0.1) is 0 Å². The third-order valence-electron chi connectivity index (χ3n) is 4.37. The molecule has 2 heterocycles. The van der Waals surface area contributed by atoms with Gasteiger partial charge in [0.2, 0.25) is 5.95 Å². The van der Waals surface area contributed by atoms with Crippen molar-refractivity contribution in [3.63, 3.8) is 0 Å². The molecule has 2 aromatic carbocycles. The molecule has 4 aromatic rings. The SMILES string of the molecule is O=c1ccc2c(-c3ccccc3Cl)nc(NCCO)nc2n1-c1ccccc1Cl. The summed E-state index contributed by atoms with van der Waals surface area (Å²) in [4.78, 5) is 21.9. The average Bonchev–Trinajstić information content (AvgIpc) is 2.73. The second-order valence-corrected chi connectivity index (χ2v) is 7.04. The number of aliphatic hydroxyl groups excluding tert-OH is 1. The zero-order valence-electron chi connectivity index (χ0n) is 15.1. The molecule has 0 aliphatic rings. The highest BCUT2D eigenvalue weighted by Crippen LogP contribution is 2.33. The molecule has 8 heteroatoms. The predicted molar refractivity (Wildman–Crippen MR) is 116 cm³/mol. The van der Waals surface area contributed by atoms with Crippen molar-refractivity contribution in [2.45, 2.75) is 0 Å². The lowest BCUT2D eigenvalue weighted by atomic mass is 10.1. The minimum atomic E-state index is -0.275. The zero-order chi connectivity index (χ0) is 20.4. The first-order valence-electron chi connectivity index (χ1n) is 8.88. The quantitative estimate of drug-likeness (QED) is 0.500. The maximum Gasteiger partial charge on any atom is 0.256 e. The van der Waals surface area contributed by atoms with Gasteiger partial charge in [-0.25, -0.2) is 4.98 Å². The van der Waals surface area contributed by atoms with Crippen molar-refractivity contribution in [1.29, 1.82) is 0 Å². The number of fused-ring (bicyclic) bond motifs is 1. The summed E-state index contributed by atoms with van der Waals surface area (Å²) in [5.74, 6) is 0.271. The first-order chi connectivity index (χ1) is 14.1. The van der Waals surface area contributed by atoms with Crippen LogP contribution >= 0.6 is 23.2 Å². The third kappa shape index (κ3) is 3.70. The summed E-state index contributed by atoms with van der Waals surface area (Å²) < 4.78 is 1.45. The van der Waals surface area contributed by atoms with E-state index >= 15 is 0 Å². The Kier molecular flexibility index (Phi) is 5.49. The molecule has 2 aromatic heterocycles. The maximum atomic E-state index is 12.8. The number of aromatic nitrogens is 3. The standard InChI is InChI=1S/C21H16Cl2N4O2/c22-15-6-2-1-5-13(15)19-14-9-10-18(29)27(17-8-4-3-7-16(17)23)20(14)26-21(25-19)24-11-12-28/h1-10,28H,11-12H2,(H,24,25,26). The number of para-hydroxylation sites is 1. The number of anilines is 1. The summed E-state index contributed by atoms with van der Waals surface area (Å²) >= 11 is 12.8. The van der Waals surface area contributed by atoms with Gasteiger partial charge in [0, 0.05) is 28.6 Å². The first kappa shape index (κ1) is 19.4. The molecule has 0 aliphatic carbocycles. The van der Waals surface area contributed by atoms with Crippen LogP contribution < -0.4 is 10.9 Å². The van der Waals surface area contributed by atoms with Gasteiger partial charge in [-0.2, -0.15) is 4.98 Å². The van der Waals surface area contributed by atoms with E-state index in [1.807, 2.05) is 18.2 Å². The van der Waals surface area contributed by atoms with E-state index in [-0.39, 0.29) is 24.7 Å². The Bertz CT molecular complexity index is 1260. The van der Waals surface area contributed by atoms with Crippen LogP contribution in [0, 0.1) is 0 Å². The van der Waals surface area contributed by atoms with Crippen LogP contribution in [0.3, 0.4) is 0 Å². The molecule has 4 rings (SSSR count). The number of rotatable bonds is 5. The Morgan fingerprint density at radius 2 is 1.66 bits per heavy atom. The van der Waals surface area contributed by atoms with Crippen LogP contribution in [0.1, 0.15) is 0 Å². The number of nitrogens with zero attached hydrogens (tertiary/aromatic N) is 3. The first-order valence-corrected chi connectivity index (χ1v) is 9.64. The Balaban J connectivity index is 2.09. The van der Waals surface area contributed by atoms with Crippen molar-refractivity contribution in [1.82, 2.24) is 14.5 Å². The number of benzene rings is 2. The second-order valence-electron chi connectivity index (χ2n) is 6.22. The summed E-state index contributed by atoms with van der Waals surface area (Å²) in [6.07, 6.45) is 0.